The molecule has 1 aromatic heterocycles. The molecule has 0 saturated heterocycles. The van der Waals surface area contributed by atoms with Crippen LogP contribution >= 0.6 is 0 Å². The van der Waals surface area contributed by atoms with Crippen molar-refractivity contribution in [1.29, 1.82) is 0 Å². The van der Waals surface area contributed by atoms with E-state index in [1.807, 2.05) is 60.7 Å². The normalized spacial score (nSPS) is 10.5. The van der Waals surface area contributed by atoms with E-state index in [1.165, 1.54) is 12.1 Å². The molecule has 0 atom stereocenters. The Kier molecular flexibility index (Phi) is 6.64. The lowest BCUT2D eigenvalue weighted by Crippen LogP contribution is -2.14. The van der Waals surface area contributed by atoms with Gasteiger partial charge in [0.25, 0.3) is 0 Å². The van der Waals surface area contributed by atoms with Crippen LogP contribution in [0.5, 0.6) is 11.5 Å². The van der Waals surface area contributed by atoms with Gasteiger partial charge in [-0.3, -0.25) is 4.79 Å². The van der Waals surface area contributed by atoms with Crippen molar-refractivity contribution in [3.05, 3.63) is 96.3 Å². The maximum absolute atomic E-state index is 13.1. The third kappa shape index (κ3) is 5.36. The highest BCUT2D eigenvalue weighted by Gasteiger charge is 2.11. The summed E-state index contributed by atoms with van der Waals surface area (Å²) in [6.45, 7) is 0. The highest BCUT2D eigenvalue weighted by Crippen LogP contribution is 2.33. The number of ether oxygens (including phenoxy) is 2. The fourth-order valence-electron chi connectivity index (χ4n) is 3.51. The van der Waals surface area contributed by atoms with E-state index >= 15 is 0 Å². The van der Waals surface area contributed by atoms with Crippen molar-refractivity contribution >= 4 is 11.6 Å². The summed E-state index contributed by atoms with van der Waals surface area (Å²) in [6, 6.07) is 24.7. The molecule has 0 unspecified atom stereocenters. The minimum atomic E-state index is -0.326. The van der Waals surface area contributed by atoms with Crippen LogP contribution in [0.15, 0.2) is 84.9 Å². The van der Waals surface area contributed by atoms with Crippen LogP contribution in [-0.4, -0.2) is 25.1 Å². The molecule has 3 aromatic carbocycles. The van der Waals surface area contributed by atoms with Crippen molar-refractivity contribution in [2.75, 3.05) is 19.5 Å². The number of methoxy groups -OCH3 is 2. The number of anilines is 1. The first-order valence-electron chi connectivity index (χ1n) is 10.4. The lowest BCUT2D eigenvalue weighted by molar-refractivity contribution is -0.115. The fraction of sp³-hybridized carbons (Fsp3) is 0.111. The van der Waals surface area contributed by atoms with Gasteiger partial charge in [-0.2, -0.15) is 0 Å². The van der Waals surface area contributed by atoms with E-state index in [1.54, 1.807) is 26.4 Å². The molecule has 1 amide bonds. The molecule has 0 bridgehead atoms. The number of amides is 1. The molecule has 0 spiro atoms. The average molecular weight is 442 g/mol. The van der Waals surface area contributed by atoms with E-state index in [-0.39, 0.29) is 18.1 Å². The third-order valence-electron chi connectivity index (χ3n) is 5.15. The summed E-state index contributed by atoms with van der Waals surface area (Å²) in [5.41, 5.74) is 4.58. The van der Waals surface area contributed by atoms with Gasteiger partial charge < -0.3 is 14.8 Å². The largest absolute Gasteiger partial charge is 0.497 e. The predicted molar refractivity (Wildman–Crippen MR) is 127 cm³/mol. The molecule has 33 heavy (non-hydrogen) atoms. The van der Waals surface area contributed by atoms with Gasteiger partial charge >= 0.3 is 0 Å². The molecule has 5 nitrogen and oxygen atoms in total. The monoisotopic (exact) mass is 442 g/mol. The SMILES string of the molecule is COc1ccc(OC)c(-c2cccc(-c3cccc(NC(=O)Cc4ccc(F)cc4)c3)n2)c1. The van der Waals surface area contributed by atoms with Crippen LogP contribution in [0.2, 0.25) is 0 Å². The van der Waals surface area contributed by atoms with Gasteiger partial charge in [0, 0.05) is 16.8 Å². The van der Waals surface area contributed by atoms with Crippen molar-refractivity contribution in [3.8, 4) is 34.0 Å². The van der Waals surface area contributed by atoms with Crippen LogP contribution in [0.1, 0.15) is 5.56 Å². The maximum Gasteiger partial charge on any atom is 0.228 e. The van der Waals surface area contributed by atoms with Crippen molar-refractivity contribution in [2.45, 2.75) is 6.42 Å². The molecular weight excluding hydrogens is 419 g/mol. The number of hydrogen-bond acceptors (Lipinski definition) is 4. The summed E-state index contributed by atoms with van der Waals surface area (Å²) in [6.07, 6.45) is 0.161. The molecule has 0 aliphatic heterocycles. The highest BCUT2D eigenvalue weighted by molar-refractivity contribution is 5.93. The molecule has 0 saturated carbocycles. The van der Waals surface area contributed by atoms with Gasteiger partial charge in [-0.05, 0) is 60.2 Å². The maximum atomic E-state index is 13.1. The summed E-state index contributed by atoms with van der Waals surface area (Å²) in [5, 5.41) is 2.90. The second-order valence-corrected chi connectivity index (χ2v) is 7.41. The van der Waals surface area contributed by atoms with E-state index in [9.17, 15) is 9.18 Å². The van der Waals surface area contributed by atoms with E-state index in [0.29, 0.717) is 17.2 Å². The van der Waals surface area contributed by atoms with Crippen molar-refractivity contribution in [3.63, 3.8) is 0 Å². The molecule has 4 aromatic rings. The summed E-state index contributed by atoms with van der Waals surface area (Å²) >= 11 is 0. The number of pyridine rings is 1. The quantitative estimate of drug-likeness (QED) is 0.396. The molecule has 0 radical (unpaired) electrons. The Morgan fingerprint density at radius 3 is 2.39 bits per heavy atom. The topological polar surface area (TPSA) is 60.5 Å². The minimum Gasteiger partial charge on any atom is -0.497 e. The molecule has 1 heterocycles. The van der Waals surface area contributed by atoms with E-state index in [0.717, 1.165) is 28.1 Å². The summed E-state index contributed by atoms with van der Waals surface area (Å²) in [7, 11) is 3.23. The van der Waals surface area contributed by atoms with Crippen LogP contribution in [0, 0.1) is 5.82 Å². The van der Waals surface area contributed by atoms with Crippen LogP contribution in [0.4, 0.5) is 10.1 Å². The minimum absolute atomic E-state index is 0.161. The average Bonchev–Trinajstić information content (AvgIpc) is 2.85. The number of halogens is 1. The second-order valence-electron chi connectivity index (χ2n) is 7.41. The lowest BCUT2D eigenvalue weighted by Gasteiger charge is -2.12. The van der Waals surface area contributed by atoms with E-state index < -0.39 is 0 Å². The zero-order chi connectivity index (χ0) is 23.2. The Labute approximate surface area is 191 Å². The number of hydrogen-bond donors (Lipinski definition) is 1. The Balaban J connectivity index is 1.57. The zero-order valence-electron chi connectivity index (χ0n) is 18.3. The van der Waals surface area contributed by atoms with Crippen LogP contribution in [0.25, 0.3) is 22.5 Å². The van der Waals surface area contributed by atoms with Gasteiger partial charge in [-0.15, -0.1) is 0 Å². The summed E-state index contributed by atoms with van der Waals surface area (Å²) in [5.74, 6) is 0.904. The Morgan fingerprint density at radius 2 is 1.64 bits per heavy atom. The van der Waals surface area contributed by atoms with Gasteiger partial charge in [0.05, 0.1) is 32.0 Å². The van der Waals surface area contributed by atoms with Gasteiger partial charge in [0.2, 0.25) is 5.91 Å². The summed E-state index contributed by atoms with van der Waals surface area (Å²) < 4.78 is 23.9. The van der Waals surface area contributed by atoms with Gasteiger partial charge in [-0.25, -0.2) is 9.37 Å². The Morgan fingerprint density at radius 1 is 0.879 bits per heavy atom. The molecule has 4 rings (SSSR count). The summed E-state index contributed by atoms with van der Waals surface area (Å²) in [4.78, 5) is 17.2. The third-order valence-corrected chi connectivity index (χ3v) is 5.15. The first kappa shape index (κ1) is 22.0. The van der Waals surface area contributed by atoms with E-state index in [4.69, 9.17) is 14.5 Å². The lowest BCUT2D eigenvalue weighted by atomic mass is 10.1. The number of nitrogens with one attached hydrogen (secondary N) is 1. The van der Waals surface area contributed by atoms with Gasteiger partial charge in [-0.1, -0.05) is 30.3 Å². The number of benzene rings is 3. The van der Waals surface area contributed by atoms with Crippen LogP contribution < -0.4 is 14.8 Å². The number of aromatic nitrogens is 1. The first-order chi connectivity index (χ1) is 16.1. The van der Waals surface area contributed by atoms with Gasteiger partial charge in [0.1, 0.15) is 17.3 Å². The Hall–Kier alpha value is -4.19. The number of rotatable bonds is 7. The molecule has 166 valence electrons. The number of nitrogens with zero attached hydrogens (tertiary/aromatic N) is 1. The van der Waals surface area contributed by atoms with Crippen LogP contribution in [0.3, 0.4) is 0 Å². The number of carbonyl (C=O) groups is 1. The zero-order valence-corrected chi connectivity index (χ0v) is 18.3. The van der Waals surface area contributed by atoms with Crippen molar-refractivity contribution in [2.24, 2.45) is 0 Å². The molecular formula is C27H23FN2O3. The Bertz CT molecular complexity index is 1270. The molecule has 0 fully saturated rings. The number of carbonyl (C=O) groups excluding carboxylic acids is 1. The van der Waals surface area contributed by atoms with Crippen molar-refractivity contribution in [1.82, 2.24) is 4.98 Å². The van der Waals surface area contributed by atoms with Crippen LogP contribution in [-0.2, 0) is 11.2 Å². The van der Waals surface area contributed by atoms with Gasteiger partial charge in [0.15, 0.2) is 0 Å². The van der Waals surface area contributed by atoms with E-state index in [2.05, 4.69) is 5.32 Å². The molecule has 6 heteroatoms. The molecule has 0 aliphatic rings. The molecule has 1 N–H and O–H groups in total. The highest BCUT2D eigenvalue weighted by atomic mass is 19.1. The predicted octanol–water partition coefficient (Wildman–Crippen LogP) is 5.75. The van der Waals surface area contributed by atoms with Crippen molar-refractivity contribution < 1.29 is 18.7 Å². The first-order valence-corrected chi connectivity index (χ1v) is 10.4. The standard InChI is InChI=1S/C27H23FN2O3/c1-32-22-13-14-26(33-2)23(17-22)25-8-4-7-24(30-25)19-5-3-6-21(16-19)29-27(31)15-18-9-11-20(28)12-10-18/h3-14,16-17H,15H2,1-2H3,(H,29,31). The second kappa shape index (κ2) is 9.96. The fourth-order valence-corrected chi connectivity index (χ4v) is 3.51. The smallest absolute Gasteiger partial charge is 0.228 e. The molecule has 0 aliphatic carbocycles.